The van der Waals surface area contributed by atoms with Crippen LogP contribution in [0.2, 0.25) is 0 Å². The molecule has 22 heavy (non-hydrogen) atoms. The molecule has 0 aromatic carbocycles. The molecular formula is C17H18Cl2O3. The number of terminal acetylenes is 1. The molecule has 3 nitrogen and oxygen atoms in total. The fourth-order valence-corrected chi connectivity index (χ4v) is 3.39. The van der Waals surface area contributed by atoms with E-state index in [1.165, 1.54) is 0 Å². The smallest absolute Gasteiger partial charge is 0.310 e. The van der Waals surface area contributed by atoms with Crippen molar-refractivity contribution in [3.63, 3.8) is 0 Å². The molecule has 0 amide bonds. The molecule has 3 atom stereocenters. The zero-order valence-electron chi connectivity index (χ0n) is 12.8. The van der Waals surface area contributed by atoms with Crippen molar-refractivity contribution in [1.29, 1.82) is 0 Å². The van der Waals surface area contributed by atoms with E-state index >= 15 is 0 Å². The third-order valence-corrected chi connectivity index (χ3v) is 4.93. The van der Waals surface area contributed by atoms with Crippen LogP contribution in [-0.4, -0.2) is 17.9 Å². The van der Waals surface area contributed by atoms with Crippen LogP contribution in [0.25, 0.3) is 0 Å². The lowest BCUT2D eigenvalue weighted by Crippen LogP contribution is -2.20. The summed E-state index contributed by atoms with van der Waals surface area (Å²) in [5, 5.41) is 0. The SMILES string of the molecule is C#CCC1=C(C)C(OC(=O)C2C(C=C(Cl)Cl)C2(C)C)CC1=O. The Hall–Kier alpha value is -1.24. The maximum atomic E-state index is 12.4. The number of hydrogen-bond acceptors (Lipinski definition) is 3. The van der Waals surface area contributed by atoms with E-state index in [1.54, 1.807) is 13.0 Å². The van der Waals surface area contributed by atoms with Crippen molar-refractivity contribution in [3.05, 3.63) is 21.7 Å². The van der Waals surface area contributed by atoms with Crippen LogP contribution in [0.1, 0.15) is 33.6 Å². The molecule has 0 bridgehead atoms. The third-order valence-electron chi connectivity index (χ3n) is 4.67. The highest BCUT2D eigenvalue weighted by atomic mass is 35.5. The lowest BCUT2D eigenvalue weighted by Gasteiger charge is -2.13. The quantitative estimate of drug-likeness (QED) is 0.577. The second-order valence-electron chi connectivity index (χ2n) is 6.38. The highest BCUT2D eigenvalue weighted by Crippen LogP contribution is 2.60. The summed E-state index contributed by atoms with van der Waals surface area (Å²) in [5.41, 5.74) is 1.11. The van der Waals surface area contributed by atoms with Gasteiger partial charge in [0.25, 0.3) is 0 Å². The molecule has 2 rings (SSSR count). The summed E-state index contributed by atoms with van der Waals surface area (Å²) < 4.78 is 5.69. The molecule has 2 aliphatic rings. The highest BCUT2D eigenvalue weighted by molar-refractivity contribution is 6.55. The van der Waals surface area contributed by atoms with Crippen molar-refractivity contribution in [2.45, 2.75) is 39.7 Å². The Kier molecular flexibility index (Phi) is 4.75. The molecule has 2 aliphatic carbocycles. The molecule has 0 aromatic heterocycles. The third kappa shape index (κ3) is 3.09. The van der Waals surface area contributed by atoms with Crippen molar-refractivity contribution < 1.29 is 14.3 Å². The van der Waals surface area contributed by atoms with Crippen molar-refractivity contribution >= 4 is 35.0 Å². The first kappa shape index (κ1) is 17.1. The van der Waals surface area contributed by atoms with Gasteiger partial charge >= 0.3 is 5.97 Å². The molecule has 0 heterocycles. The summed E-state index contributed by atoms with van der Waals surface area (Å²) in [6, 6.07) is 0. The fraction of sp³-hybridized carbons (Fsp3) is 0.529. The topological polar surface area (TPSA) is 43.4 Å². The standard InChI is InChI=1S/C17H18Cl2O3/c1-5-6-10-9(2)13(8-12(10)20)22-16(21)15-11(7-14(18)19)17(15,3)4/h1,7,11,13,15H,6,8H2,2-4H3. The number of carbonyl (C=O) groups is 2. The van der Waals surface area contributed by atoms with Gasteiger partial charge in [0.1, 0.15) is 10.6 Å². The Bertz CT molecular complexity index is 618. The van der Waals surface area contributed by atoms with Crippen LogP contribution in [0.3, 0.4) is 0 Å². The van der Waals surface area contributed by atoms with Crippen LogP contribution in [0.15, 0.2) is 21.7 Å². The van der Waals surface area contributed by atoms with Gasteiger partial charge in [0.05, 0.1) is 12.3 Å². The summed E-state index contributed by atoms with van der Waals surface area (Å²) in [6.45, 7) is 5.72. The zero-order chi connectivity index (χ0) is 16.7. The minimum absolute atomic E-state index is 0.0384. The van der Waals surface area contributed by atoms with Crippen molar-refractivity contribution in [1.82, 2.24) is 0 Å². The maximum absolute atomic E-state index is 12.4. The molecule has 0 saturated heterocycles. The Morgan fingerprint density at radius 1 is 1.50 bits per heavy atom. The largest absolute Gasteiger partial charge is 0.457 e. The first-order chi connectivity index (χ1) is 10.2. The zero-order valence-corrected chi connectivity index (χ0v) is 14.3. The Balaban J connectivity index is 2.07. The predicted octanol–water partition coefficient (Wildman–Crippen LogP) is 3.80. The van der Waals surface area contributed by atoms with E-state index < -0.39 is 6.10 Å². The summed E-state index contributed by atoms with van der Waals surface area (Å²) in [5.74, 6) is 1.77. The van der Waals surface area contributed by atoms with Crippen LogP contribution in [0.5, 0.6) is 0 Å². The second-order valence-corrected chi connectivity index (χ2v) is 7.38. The number of ether oxygens (including phenoxy) is 1. The predicted molar refractivity (Wildman–Crippen MR) is 86.2 cm³/mol. The maximum Gasteiger partial charge on any atom is 0.310 e. The number of allylic oxidation sites excluding steroid dienone is 2. The summed E-state index contributed by atoms with van der Waals surface area (Å²) in [6.07, 6.45) is 6.88. The van der Waals surface area contributed by atoms with Gasteiger partial charge in [-0.15, -0.1) is 12.3 Å². The number of carbonyl (C=O) groups excluding carboxylic acids is 2. The molecule has 0 aliphatic heterocycles. The Morgan fingerprint density at radius 2 is 2.14 bits per heavy atom. The lowest BCUT2D eigenvalue weighted by molar-refractivity contribution is -0.150. The summed E-state index contributed by atoms with van der Waals surface area (Å²) in [4.78, 5) is 24.3. The minimum Gasteiger partial charge on any atom is -0.457 e. The molecular weight excluding hydrogens is 323 g/mol. The molecule has 5 heteroatoms. The number of rotatable bonds is 4. The number of hydrogen-bond donors (Lipinski definition) is 0. The number of esters is 1. The minimum atomic E-state index is -0.504. The molecule has 0 N–H and O–H groups in total. The van der Waals surface area contributed by atoms with Gasteiger partial charge in [0.15, 0.2) is 5.78 Å². The fourth-order valence-electron chi connectivity index (χ4n) is 3.12. The van der Waals surface area contributed by atoms with E-state index in [9.17, 15) is 9.59 Å². The van der Waals surface area contributed by atoms with Crippen molar-refractivity contribution in [3.8, 4) is 12.3 Å². The van der Waals surface area contributed by atoms with E-state index in [2.05, 4.69) is 5.92 Å². The van der Waals surface area contributed by atoms with E-state index in [0.717, 1.165) is 5.57 Å². The lowest BCUT2D eigenvalue weighted by atomic mass is 10.1. The van der Waals surface area contributed by atoms with Gasteiger partial charge in [-0.2, -0.15) is 0 Å². The van der Waals surface area contributed by atoms with Crippen molar-refractivity contribution in [2.24, 2.45) is 17.3 Å². The van der Waals surface area contributed by atoms with Crippen molar-refractivity contribution in [2.75, 3.05) is 0 Å². The summed E-state index contributed by atoms with van der Waals surface area (Å²) >= 11 is 11.4. The number of halogens is 2. The van der Waals surface area contributed by atoms with Gasteiger partial charge in [-0.1, -0.05) is 37.0 Å². The van der Waals surface area contributed by atoms with Crippen LogP contribution >= 0.6 is 23.2 Å². The highest BCUT2D eigenvalue weighted by Gasteiger charge is 2.62. The van der Waals surface area contributed by atoms with Crippen LogP contribution in [0.4, 0.5) is 0 Å². The molecule has 0 aromatic rings. The van der Waals surface area contributed by atoms with Crippen LogP contribution < -0.4 is 0 Å². The molecule has 1 saturated carbocycles. The van der Waals surface area contributed by atoms with E-state index in [1.807, 2.05) is 13.8 Å². The van der Waals surface area contributed by atoms with Gasteiger partial charge in [0, 0.05) is 12.0 Å². The van der Waals surface area contributed by atoms with Gasteiger partial charge in [-0.05, 0) is 29.9 Å². The van der Waals surface area contributed by atoms with Gasteiger partial charge < -0.3 is 4.74 Å². The molecule has 3 unspecified atom stereocenters. The van der Waals surface area contributed by atoms with Gasteiger partial charge in [-0.3, -0.25) is 9.59 Å². The second kappa shape index (κ2) is 6.10. The average Bonchev–Trinajstić information content (AvgIpc) is 2.83. The molecule has 1 fully saturated rings. The van der Waals surface area contributed by atoms with Gasteiger partial charge in [-0.25, -0.2) is 0 Å². The van der Waals surface area contributed by atoms with E-state index in [-0.39, 0.29) is 46.3 Å². The monoisotopic (exact) mass is 340 g/mol. The van der Waals surface area contributed by atoms with E-state index in [0.29, 0.717) is 5.57 Å². The number of ketones is 1. The Morgan fingerprint density at radius 3 is 2.68 bits per heavy atom. The molecule has 118 valence electrons. The van der Waals surface area contributed by atoms with Crippen LogP contribution in [-0.2, 0) is 14.3 Å². The summed E-state index contributed by atoms with van der Waals surface area (Å²) in [7, 11) is 0. The molecule has 0 spiro atoms. The van der Waals surface area contributed by atoms with Gasteiger partial charge in [0.2, 0.25) is 0 Å². The normalized spacial score (nSPS) is 29.1. The average molecular weight is 341 g/mol. The van der Waals surface area contributed by atoms with E-state index in [4.69, 9.17) is 34.4 Å². The number of Topliss-reactive ketones (excluding diaryl/α,β-unsaturated/α-hetero) is 1. The molecule has 0 radical (unpaired) electrons. The first-order valence-electron chi connectivity index (χ1n) is 7.09. The van der Waals surface area contributed by atoms with Crippen LogP contribution in [0, 0.1) is 29.6 Å². The Labute approximate surface area is 140 Å². The first-order valence-corrected chi connectivity index (χ1v) is 7.85.